The molecule has 1 saturated carbocycles. The third kappa shape index (κ3) is 5.69. The molecule has 1 aliphatic carbocycles. The molecule has 168 valence electrons. The third-order valence-corrected chi connectivity index (χ3v) is 6.28. The lowest BCUT2D eigenvalue weighted by Crippen LogP contribution is -2.44. The molecule has 2 aromatic carbocycles. The number of carbonyl (C=O) groups is 2. The van der Waals surface area contributed by atoms with Crippen LogP contribution in [-0.4, -0.2) is 36.1 Å². The average Bonchev–Trinajstić information content (AvgIpc) is 3.25. The first-order valence-corrected chi connectivity index (χ1v) is 11.6. The van der Waals surface area contributed by atoms with Crippen molar-refractivity contribution in [1.82, 2.24) is 20.9 Å². The molecule has 0 spiro atoms. The molecule has 1 aromatic heterocycles. The standard InChI is InChI=1S/C26H32N4O2/c31-25(15-16-27-26(32)30-20-11-5-2-6-12-20)29-17-22(19-9-3-1-4-10-19)23-18-28-24-14-8-7-13-21(23)24/h1,3-4,7-10,13-14,18,20,22,28H,2,5-6,11-12,15-17H2,(H,29,31)(H2,27,30,32)/t22-/m1/s1. The van der Waals surface area contributed by atoms with E-state index >= 15 is 0 Å². The summed E-state index contributed by atoms with van der Waals surface area (Å²) in [6, 6.07) is 18.5. The van der Waals surface area contributed by atoms with Crippen LogP contribution in [0.2, 0.25) is 0 Å². The number of aromatic nitrogens is 1. The second-order valence-electron chi connectivity index (χ2n) is 8.54. The van der Waals surface area contributed by atoms with Crippen LogP contribution in [0.15, 0.2) is 60.8 Å². The van der Waals surface area contributed by atoms with Gasteiger partial charge in [0.05, 0.1) is 0 Å². The molecule has 6 heteroatoms. The van der Waals surface area contributed by atoms with Gasteiger partial charge in [-0.25, -0.2) is 4.79 Å². The van der Waals surface area contributed by atoms with Crippen molar-refractivity contribution < 1.29 is 9.59 Å². The summed E-state index contributed by atoms with van der Waals surface area (Å²) in [5, 5.41) is 10.1. The first-order chi connectivity index (χ1) is 15.7. The van der Waals surface area contributed by atoms with Gasteiger partial charge in [-0.1, -0.05) is 67.8 Å². The number of benzene rings is 2. The number of hydrogen-bond acceptors (Lipinski definition) is 2. The predicted molar refractivity (Wildman–Crippen MR) is 128 cm³/mol. The van der Waals surface area contributed by atoms with Gasteiger partial charge in [0.2, 0.25) is 5.91 Å². The van der Waals surface area contributed by atoms with Crippen molar-refractivity contribution in [2.45, 2.75) is 50.5 Å². The molecule has 0 radical (unpaired) electrons. The van der Waals surface area contributed by atoms with E-state index in [2.05, 4.69) is 45.2 Å². The van der Waals surface area contributed by atoms with E-state index in [0.717, 1.165) is 34.9 Å². The molecule has 1 heterocycles. The topological polar surface area (TPSA) is 86.0 Å². The van der Waals surface area contributed by atoms with Gasteiger partial charge >= 0.3 is 6.03 Å². The molecule has 0 saturated heterocycles. The Bertz CT molecular complexity index is 1020. The van der Waals surface area contributed by atoms with Crippen molar-refractivity contribution in [2.75, 3.05) is 13.1 Å². The molecule has 4 N–H and O–H groups in total. The molecule has 3 aromatic rings. The fraction of sp³-hybridized carbons (Fsp3) is 0.385. The normalized spacial score (nSPS) is 15.2. The predicted octanol–water partition coefficient (Wildman–Crippen LogP) is 4.44. The van der Waals surface area contributed by atoms with Crippen LogP contribution >= 0.6 is 0 Å². The molecule has 0 bridgehead atoms. The van der Waals surface area contributed by atoms with Crippen molar-refractivity contribution in [3.63, 3.8) is 0 Å². The third-order valence-electron chi connectivity index (χ3n) is 6.28. The summed E-state index contributed by atoms with van der Waals surface area (Å²) in [4.78, 5) is 27.9. The Kier molecular flexibility index (Phi) is 7.43. The maximum absolute atomic E-state index is 12.5. The first-order valence-electron chi connectivity index (χ1n) is 11.6. The molecule has 1 aliphatic rings. The maximum Gasteiger partial charge on any atom is 0.315 e. The summed E-state index contributed by atoms with van der Waals surface area (Å²) in [7, 11) is 0. The largest absolute Gasteiger partial charge is 0.361 e. The second kappa shape index (κ2) is 10.8. The Labute approximate surface area is 189 Å². The number of aromatic amines is 1. The van der Waals surface area contributed by atoms with E-state index in [4.69, 9.17) is 0 Å². The zero-order chi connectivity index (χ0) is 22.2. The molecule has 1 fully saturated rings. The Balaban J connectivity index is 1.31. The zero-order valence-corrected chi connectivity index (χ0v) is 18.4. The summed E-state index contributed by atoms with van der Waals surface area (Å²) in [5.74, 6) is -0.0254. The molecule has 0 aliphatic heterocycles. The van der Waals surface area contributed by atoms with E-state index in [-0.39, 0.29) is 30.3 Å². The van der Waals surface area contributed by atoms with Crippen LogP contribution in [0.4, 0.5) is 4.79 Å². The van der Waals surface area contributed by atoms with Gasteiger partial charge in [-0.15, -0.1) is 0 Å². The van der Waals surface area contributed by atoms with Crippen molar-refractivity contribution in [3.8, 4) is 0 Å². The number of para-hydroxylation sites is 1. The number of fused-ring (bicyclic) bond motifs is 1. The van der Waals surface area contributed by atoms with E-state index in [0.29, 0.717) is 13.1 Å². The van der Waals surface area contributed by atoms with Crippen molar-refractivity contribution in [2.24, 2.45) is 0 Å². The SMILES string of the molecule is O=C(CCNC(=O)NC1CCCCC1)NC[C@H](c1ccccc1)c1c[nH]c2ccccc12. The van der Waals surface area contributed by atoms with Crippen LogP contribution in [0.3, 0.4) is 0 Å². The molecular weight excluding hydrogens is 400 g/mol. The van der Waals surface area contributed by atoms with Crippen molar-refractivity contribution in [1.29, 1.82) is 0 Å². The summed E-state index contributed by atoms with van der Waals surface area (Å²) in [6.07, 6.45) is 7.98. The minimum absolute atomic E-state index is 0.0406. The van der Waals surface area contributed by atoms with Gasteiger partial charge in [-0.2, -0.15) is 0 Å². The van der Waals surface area contributed by atoms with Crippen molar-refractivity contribution in [3.05, 3.63) is 71.9 Å². The minimum Gasteiger partial charge on any atom is -0.361 e. The second-order valence-corrected chi connectivity index (χ2v) is 8.54. The Hall–Kier alpha value is -3.28. The number of urea groups is 1. The van der Waals surface area contributed by atoms with E-state index in [1.165, 1.54) is 19.3 Å². The highest BCUT2D eigenvalue weighted by Gasteiger charge is 2.19. The highest BCUT2D eigenvalue weighted by atomic mass is 16.2. The highest BCUT2D eigenvalue weighted by molar-refractivity contribution is 5.84. The minimum atomic E-state index is -0.175. The van der Waals surface area contributed by atoms with Gasteiger partial charge in [0.1, 0.15) is 0 Å². The summed E-state index contributed by atoms with van der Waals surface area (Å²) >= 11 is 0. The number of rotatable bonds is 8. The van der Waals surface area contributed by atoms with Crippen LogP contribution in [0.1, 0.15) is 55.6 Å². The quantitative estimate of drug-likeness (QED) is 0.424. The van der Waals surface area contributed by atoms with Gasteiger partial charge in [-0.3, -0.25) is 4.79 Å². The van der Waals surface area contributed by atoms with Crippen molar-refractivity contribution >= 4 is 22.8 Å². The molecule has 1 atom stereocenters. The molecule has 32 heavy (non-hydrogen) atoms. The molecule has 3 amide bonds. The molecular formula is C26H32N4O2. The van der Waals surface area contributed by atoms with Gasteiger partial charge in [0, 0.05) is 48.6 Å². The van der Waals surface area contributed by atoms with E-state index in [9.17, 15) is 9.59 Å². The van der Waals surface area contributed by atoms with Gasteiger partial charge in [0.15, 0.2) is 0 Å². The smallest absolute Gasteiger partial charge is 0.315 e. The molecule has 4 rings (SSSR count). The number of H-pyrrole nitrogens is 1. The Morgan fingerprint density at radius 1 is 0.938 bits per heavy atom. The summed E-state index contributed by atoms with van der Waals surface area (Å²) in [5.41, 5.74) is 3.41. The Morgan fingerprint density at radius 2 is 1.69 bits per heavy atom. The lowest BCUT2D eigenvalue weighted by molar-refractivity contribution is -0.120. The number of nitrogens with one attached hydrogen (secondary N) is 4. The van der Waals surface area contributed by atoms with Crippen LogP contribution < -0.4 is 16.0 Å². The first kappa shape index (κ1) is 21.9. The lowest BCUT2D eigenvalue weighted by atomic mass is 9.91. The summed E-state index contributed by atoms with van der Waals surface area (Å²) < 4.78 is 0. The highest BCUT2D eigenvalue weighted by Crippen LogP contribution is 2.30. The van der Waals surface area contributed by atoms with Crippen LogP contribution in [0, 0.1) is 0 Å². The fourth-order valence-electron chi connectivity index (χ4n) is 4.55. The average molecular weight is 433 g/mol. The van der Waals surface area contributed by atoms with Crippen LogP contribution in [0.5, 0.6) is 0 Å². The monoisotopic (exact) mass is 432 g/mol. The zero-order valence-electron chi connectivity index (χ0n) is 18.4. The fourth-order valence-corrected chi connectivity index (χ4v) is 4.55. The number of carbonyl (C=O) groups excluding carboxylic acids is 2. The lowest BCUT2D eigenvalue weighted by Gasteiger charge is -2.22. The molecule has 6 nitrogen and oxygen atoms in total. The summed E-state index contributed by atoms with van der Waals surface area (Å²) in [6.45, 7) is 0.826. The van der Waals surface area contributed by atoms with Crippen LogP contribution in [0.25, 0.3) is 10.9 Å². The molecule has 0 unspecified atom stereocenters. The van der Waals surface area contributed by atoms with Gasteiger partial charge in [0.25, 0.3) is 0 Å². The number of hydrogen-bond donors (Lipinski definition) is 4. The Morgan fingerprint density at radius 3 is 2.50 bits per heavy atom. The number of amides is 3. The van der Waals surface area contributed by atoms with Crippen LogP contribution in [-0.2, 0) is 4.79 Å². The van der Waals surface area contributed by atoms with Gasteiger partial charge < -0.3 is 20.9 Å². The van der Waals surface area contributed by atoms with Gasteiger partial charge in [-0.05, 0) is 30.0 Å². The van der Waals surface area contributed by atoms with E-state index < -0.39 is 0 Å². The maximum atomic E-state index is 12.5. The van der Waals surface area contributed by atoms with E-state index in [1.807, 2.05) is 36.5 Å². The van der Waals surface area contributed by atoms with E-state index in [1.54, 1.807) is 0 Å².